The van der Waals surface area contributed by atoms with Crippen molar-refractivity contribution in [1.29, 1.82) is 0 Å². The number of fused-ring (bicyclic) bond motifs is 1. The Balaban J connectivity index is 1.62. The summed E-state index contributed by atoms with van der Waals surface area (Å²) in [5, 5.41) is 5.62. The van der Waals surface area contributed by atoms with Gasteiger partial charge in [-0.1, -0.05) is 24.3 Å². The zero-order valence-electron chi connectivity index (χ0n) is 11.7. The van der Waals surface area contributed by atoms with Crippen molar-refractivity contribution in [2.24, 2.45) is 0 Å². The molecular weight excluding hydrogens is 264 g/mol. The van der Waals surface area contributed by atoms with E-state index in [2.05, 4.69) is 20.6 Å². The van der Waals surface area contributed by atoms with E-state index in [0.29, 0.717) is 6.54 Å². The zero-order valence-corrected chi connectivity index (χ0v) is 11.7. The highest BCUT2D eigenvalue weighted by molar-refractivity contribution is 5.89. The van der Waals surface area contributed by atoms with Crippen molar-refractivity contribution in [1.82, 2.24) is 15.3 Å². The highest BCUT2D eigenvalue weighted by Gasteiger charge is 2.03. The molecule has 5 nitrogen and oxygen atoms in total. The molecule has 0 aliphatic heterocycles. The predicted molar refractivity (Wildman–Crippen MR) is 83.1 cm³/mol. The largest absolute Gasteiger partial charge is 0.342 e. The first-order valence-electron chi connectivity index (χ1n) is 6.76. The molecule has 3 rings (SSSR count). The molecule has 0 aliphatic carbocycles. The Morgan fingerprint density at radius 3 is 2.81 bits per heavy atom. The van der Waals surface area contributed by atoms with E-state index in [1.54, 1.807) is 0 Å². The number of amides is 2. The molecule has 0 unspecified atom stereocenters. The number of anilines is 1. The van der Waals surface area contributed by atoms with Gasteiger partial charge < -0.3 is 15.6 Å². The topological polar surface area (TPSA) is 69.8 Å². The molecule has 0 atom stereocenters. The van der Waals surface area contributed by atoms with Gasteiger partial charge in [0.15, 0.2) is 0 Å². The Bertz CT molecular complexity index is 764. The third-order valence-electron chi connectivity index (χ3n) is 3.15. The molecule has 1 aromatic heterocycles. The molecule has 3 aromatic rings. The number of aryl methyl sites for hydroxylation is 1. The van der Waals surface area contributed by atoms with E-state index >= 15 is 0 Å². The second-order valence-electron chi connectivity index (χ2n) is 4.85. The SMILES string of the molecule is Cc1nc2ccc(CNC(=O)Nc3ccccc3)cc2[nH]1. The van der Waals surface area contributed by atoms with Crippen LogP contribution in [0.2, 0.25) is 0 Å². The maximum atomic E-state index is 11.8. The fourth-order valence-corrected chi connectivity index (χ4v) is 2.17. The number of aromatic nitrogens is 2. The second-order valence-corrected chi connectivity index (χ2v) is 4.85. The number of hydrogen-bond donors (Lipinski definition) is 3. The van der Waals surface area contributed by atoms with Crippen LogP contribution < -0.4 is 10.6 Å². The van der Waals surface area contributed by atoms with E-state index in [-0.39, 0.29) is 6.03 Å². The Morgan fingerprint density at radius 2 is 2.00 bits per heavy atom. The van der Waals surface area contributed by atoms with Crippen LogP contribution in [0.1, 0.15) is 11.4 Å². The molecule has 0 aliphatic rings. The van der Waals surface area contributed by atoms with Gasteiger partial charge in [0.25, 0.3) is 0 Å². The molecule has 1 heterocycles. The smallest absolute Gasteiger partial charge is 0.319 e. The number of hydrogen-bond acceptors (Lipinski definition) is 2. The van der Waals surface area contributed by atoms with Crippen LogP contribution in [0.3, 0.4) is 0 Å². The summed E-state index contributed by atoms with van der Waals surface area (Å²) in [6.45, 7) is 2.39. The molecule has 5 heteroatoms. The molecule has 0 saturated heterocycles. The molecule has 106 valence electrons. The lowest BCUT2D eigenvalue weighted by molar-refractivity contribution is 0.251. The van der Waals surface area contributed by atoms with Gasteiger partial charge in [0.2, 0.25) is 0 Å². The lowest BCUT2D eigenvalue weighted by Crippen LogP contribution is -2.28. The van der Waals surface area contributed by atoms with Crippen LogP contribution in [0.4, 0.5) is 10.5 Å². The van der Waals surface area contributed by atoms with Crippen molar-refractivity contribution in [2.45, 2.75) is 13.5 Å². The summed E-state index contributed by atoms with van der Waals surface area (Å²) in [6, 6.07) is 15.0. The third-order valence-corrected chi connectivity index (χ3v) is 3.15. The summed E-state index contributed by atoms with van der Waals surface area (Å²) < 4.78 is 0. The van der Waals surface area contributed by atoms with Gasteiger partial charge in [-0.05, 0) is 36.8 Å². The molecule has 21 heavy (non-hydrogen) atoms. The summed E-state index contributed by atoms with van der Waals surface area (Å²) >= 11 is 0. The summed E-state index contributed by atoms with van der Waals surface area (Å²) in [5.41, 5.74) is 3.71. The van der Waals surface area contributed by atoms with Gasteiger partial charge in [-0.3, -0.25) is 0 Å². The number of urea groups is 1. The molecule has 0 saturated carbocycles. The van der Waals surface area contributed by atoms with E-state index in [1.807, 2.05) is 55.5 Å². The second kappa shape index (κ2) is 5.66. The minimum absolute atomic E-state index is 0.220. The van der Waals surface area contributed by atoms with Crippen molar-refractivity contribution < 1.29 is 4.79 Å². The third kappa shape index (κ3) is 3.20. The summed E-state index contributed by atoms with van der Waals surface area (Å²) in [4.78, 5) is 19.3. The van der Waals surface area contributed by atoms with Gasteiger partial charge in [-0.15, -0.1) is 0 Å². The zero-order chi connectivity index (χ0) is 14.7. The average molecular weight is 280 g/mol. The van der Waals surface area contributed by atoms with Gasteiger partial charge in [0.1, 0.15) is 5.82 Å². The first-order chi connectivity index (χ1) is 10.2. The lowest BCUT2D eigenvalue weighted by Gasteiger charge is -2.07. The molecule has 0 bridgehead atoms. The maximum Gasteiger partial charge on any atom is 0.319 e. The van der Waals surface area contributed by atoms with E-state index in [4.69, 9.17) is 0 Å². The fraction of sp³-hybridized carbons (Fsp3) is 0.125. The molecule has 3 N–H and O–H groups in total. The summed E-state index contributed by atoms with van der Waals surface area (Å²) in [7, 11) is 0. The van der Waals surface area contributed by atoms with Crippen LogP contribution in [0, 0.1) is 6.92 Å². The number of benzene rings is 2. The number of rotatable bonds is 3. The molecule has 2 aromatic carbocycles. The van der Waals surface area contributed by atoms with E-state index < -0.39 is 0 Å². The maximum absolute atomic E-state index is 11.8. The van der Waals surface area contributed by atoms with Gasteiger partial charge in [-0.25, -0.2) is 9.78 Å². The van der Waals surface area contributed by atoms with Gasteiger partial charge in [0.05, 0.1) is 11.0 Å². The summed E-state index contributed by atoms with van der Waals surface area (Å²) in [6.07, 6.45) is 0. The number of nitrogens with zero attached hydrogens (tertiary/aromatic N) is 1. The number of carbonyl (C=O) groups excluding carboxylic acids is 1. The van der Waals surface area contributed by atoms with Crippen molar-refractivity contribution in [3.8, 4) is 0 Å². The number of carbonyl (C=O) groups is 1. The highest BCUT2D eigenvalue weighted by atomic mass is 16.2. The molecule has 0 radical (unpaired) electrons. The number of aromatic amines is 1. The van der Waals surface area contributed by atoms with Crippen molar-refractivity contribution in [3.05, 3.63) is 59.9 Å². The molecular formula is C16H16N4O. The van der Waals surface area contributed by atoms with Crippen LogP contribution in [0.5, 0.6) is 0 Å². The number of imidazole rings is 1. The Labute approximate surface area is 122 Å². The number of para-hydroxylation sites is 1. The normalized spacial score (nSPS) is 10.5. The monoisotopic (exact) mass is 280 g/mol. The van der Waals surface area contributed by atoms with E-state index in [0.717, 1.165) is 28.1 Å². The predicted octanol–water partition coefficient (Wildman–Crippen LogP) is 3.19. The van der Waals surface area contributed by atoms with Crippen molar-refractivity contribution >= 4 is 22.8 Å². The molecule has 0 fully saturated rings. The van der Waals surface area contributed by atoms with E-state index in [9.17, 15) is 4.79 Å². The quantitative estimate of drug-likeness (QED) is 0.689. The van der Waals surface area contributed by atoms with Gasteiger partial charge in [0, 0.05) is 12.2 Å². The van der Waals surface area contributed by atoms with Crippen LogP contribution in [0.25, 0.3) is 11.0 Å². The number of H-pyrrole nitrogens is 1. The van der Waals surface area contributed by atoms with Crippen LogP contribution in [-0.2, 0) is 6.54 Å². The first-order valence-corrected chi connectivity index (χ1v) is 6.76. The first kappa shape index (κ1) is 13.2. The molecule has 2 amide bonds. The van der Waals surface area contributed by atoms with Crippen molar-refractivity contribution in [3.63, 3.8) is 0 Å². The molecule has 0 spiro atoms. The Morgan fingerprint density at radius 1 is 1.19 bits per heavy atom. The standard InChI is InChI=1S/C16H16N4O/c1-11-18-14-8-7-12(9-15(14)19-11)10-17-16(21)20-13-5-3-2-4-6-13/h2-9H,10H2,1H3,(H,18,19)(H2,17,20,21). The van der Waals surface area contributed by atoms with Gasteiger partial charge in [-0.2, -0.15) is 0 Å². The summed E-state index contributed by atoms with van der Waals surface area (Å²) in [5.74, 6) is 0.886. The van der Waals surface area contributed by atoms with Crippen LogP contribution in [-0.4, -0.2) is 16.0 Å². The minimum atomic E-state index is -0.220. The number of nitrogens with one attached hydrogen (secondary N) is 3. The Hall–Kier alpha value is -2.82. The minimum Gasteiger partial charge on any atom is -0.342 e. The Kier molecular flexibility index (Phi) is 3.55. The van der Waals surface area contributed by atoms with Gasteiger partial charge >= 0.3 is 6.03 Å². The fourth-order valence-electron chi connectivity index (χ4n) is 2.17. The highest BCUT2D eigenvalue weighted by Crippen LogP contribution is 2.13. The van der Waals surface area contributed by atoms with E-state index in [1.165, 1.54) is 0 Å². The van der Waals surface area contributed by atoms with Crippen LogP contribution >= 0.6 is 0 Å². The van der Waals surface area contributed by atoms with Crippen LogP contribution in [0.15, 0.2) is 48.5 Å². The average Bonchev–Trinajstić information content (AvgIpc) is 2.85. The van der Waals surface area contributed by atoms with Crippen molar-refractivity contribution in [2.75, 3.05) is 5.32 Å². The lowest BCUT2D eigenvalue weighted by atomic mass is 10.2.